The van der Waals surface area contributed by atoms with Crippen LogP contribution in [0, 0.1) is 0 Å². The zero-order chi connectivity index (χ0) is 17.6. The minimum absolute atomic E-state index is 1.12. The Bertz CT molecular complexity index is 960. The highest BCUT2D eigenvalue weighted by molar-refractivity contribution is 5.92. The van der Waals surface area contributed by atoms with Crippen LogP contribution in [0.4, 0.5) is 0 Å². The van der Waals surface area contributed by atoms with Gasteiger partial charge in [-0.05, 0) is 81.0 Å². The summed E-state index contributed by atoms with van der Waals surface area (Å²) in [7, 11) is 0. The molecule has 0 heterocycles. The average Bonchev–Trinajstić information content (AvgIpc) is 3.35. The van der Waals surface area contributed by atoms with Crippen molar-refractivity contribution in [2.24, 2.45) is 0 Å². The van der Waals surface area contributed by atoms with Gasteiger partial charge in [-0.25, -0.2) is 0 Å². The Balaban J connectivity index is 0.000000369. The summed E-state index contributed by atoms with van der Waals surface area (Å²) in [5, 5.41) is 0. The highest BCUT2D eigenvalue weighted by atomic mass is 14.4. The summed E-state index contributed by atoms with van der Waals surface area (Å²) < 4.78 is 0. The standard InChI is InChI=1S/C21H14.2C2H6/c1-2-7-16-12(4-1)9-18-17(16)11-15-8-13-5-3-6-14-10-19(18)21(15)20(13)14;2*1-2/h1-7,11H,8-10H2;2*1-2H3. The molecule has 0 unspecified atom stereocenters. The SMILES string of the molecule is CC.CC.c1ccc2c(c1)Cc1c-2cc2c3c1Cc1cccc(c1-3)C2. The average molecular weight is 326 g/mol. The van der Waals surface area contributed by atoms with Gasteiger partial charge in [0.2, 0.25) is 0 Å². The van der Waals surface area contributed by atoms with Crippen molar-refractivity contribution in [3.63, 3.8) is 0 Å². The van der Waals surface area contributed by atoms with Crippen LogP contribution in [-0.4, -0.2) is 0 Å². The van der Waals surface area contributed by atoms with Crippen LogP contribution in [0.15, 0.2) is 48.5 Å². The first kappa shape index (κ1) is 16.1. The van der Waals surface area contributed by atoms with Gasteiger partial charge in [-0.15, -0.1) is 0 Å². The van der Waals surface area contributed by atoms with Crippen molar-refractivity contribution in [3.8, 4) is 22.3 Å². The zero-order valence-electron chi connectivity index (χ0n) is 15.7. The largest absolute Gasteiger partial charge is 0.0683 e. The van der Waals surface area contributed by atoms with Gasteiger partial charge in [0.25, 0.3) is 0 Å². The first-order valence-electron chi connectivity index (χ1n) is 9.77. The quantitative estimate of drug-likeness (QED) is 0.288. The molecular weight excluding hydrogens is 300 g/mol. The maximum atomic E-state index is 2.48. The molecule has 0 N–H and O–H groups in total. The molecule has 3 aromatic rings. The van der Waals surface area contributed by atoms with E-state index in [4.69, 9.17) is 0 Å². The summed E-state index contributed by atoms with van der Waals surface area (Å²) in [4.78, 5) is 0. The summed E-state index contributed by atoms with van der Waals surface area (Å²) in [6, 6.07) is 18.3. The van der Waals surface area contributed by atoms with E-state index in [0.29, 0.717) is 0 Å². The molecule has 6 rings (SSSR count). The summed E-state index contributed by atoms with van der Waals surface area (Å²) in [6.45, 7) is 8.00. The smallest absolute Gasteiger partial charge is 0.00102 e. The first-order valence-corrected chi connectivity index (χ1v) is 9.77. The van der Waals surface area contributed by atoms with Crippen molar-refractivity contribution < 1.29 is 0 Å². The van der Waals surface area contributed by atoms with Gasteiger partial charge < -0.3 is 0 Å². The van der Waals surface area contributed by atoms with Crippen LogP contribution in [0.1, 0.15) is 61.1 Å². The minimum Gasteiger partial charge on any atom is -0.0683 e. The van der Waals surface area contributed by atoms with Crippen LogP contribution >= 0.6 is 0 Å². The number of rotatable bonds is 0. The molecular formula is C25H26. The molecule has 3 aromatic carbocycles. The van der Waals surface area contributed by atoms with Crippen LogP contribution in [-0.2, 0) is 19.3 Å². The van der Waals surface area contributed by atoms with Crippen molar-refractivity contribution in [2.75, 3.05) is 0 Å². The number of benzene rings is 3. The molecule has 0 saturated carbocycles. The van der Waals surface area contributed by atoms with Gasteiger partial charge >= 0.3 is 0 Å². The fourth-order valence-corrected chi connectivity index (χ4v) is 4.72. The van der Waals surface area contributed by atoms with E-state index in [1.54, 1.807) is 38.9 Å². The molecule has 0 atom stereocenters. The Hall–Kier alpha value is -2.34. The van der Waals surface area contributed by atoms with Gasteiger partial charge in [0.1, 0.15) is 0 Å². The summed E-state index contributed by atoms with van der Waals surface area (Å²) in [6.07, 6.45) is 3.39. The summed E-state index contributed by atoms with van der Waals surface area (Å²) in [5.74, 6) is 0. The van der Waals surface area contributed by atoms with Crippen LogP contribution in [0.3, 0.4) is 0 Å². The van der Waals surface area contributed by atoms with E-state index in [1.165, 1.54) is 16.7 Å². The van der Waals surface area contributed by atoms with Crippen LogP contribution < -0.4 is 0 Å². The van der Waals surface area contributed by atoms with E-state index in [0.717, 1.165) is 19.3 Å². The van der Waals surface area contributed by atoms with E-state index in [1.807, 2.05) is 27.7 Å². The molecule has 25 heavy (non-hydrogen) atoms. The van der Waals surface area contributed by atoms with Crippen molar-refractivity contribution in [2.45, 2.75) is 47.0 Å². The minimum atomic E-state index is 1.12. The Morgan fingerprint density at radius 1 is 0.520 bits per heavy atom. The van der Waals surface area contributed by atoms with Gasteiger partial charge in [-0.3, -0.25) is 0 Å². The van der Waals surface area contributed by atoms with Gasteiger partial charge in [0.15, 0.2) is 0 Å². The second kappa shape index (κ2) is 6.19. The van der Waals surface area contributed by atoms with E-state index in [9.17, 15) is 0 Å². The number of hydrogen-bond donors (Lipinski definition) is 0. The molecule has 3 aliphatic rings. The molecule has 0 aliphatic heterocycles. The molecule has 0 nitrogen and oxygen atoms in total. The Morgan fingerprint density at radius 2 is 1.16 bits per heavy atom. The lowest BCUT2D eigenvalue weighted by Crippen LogP contribution is -1.95. The van der Waals surface area contributed by atoms with E-state index < -0.39 is 0 Å². The van der Waals surface area contributed by atoms with Gasteiger partial charge in [-0.2, -0.15) is 0 Å². The van der Waals surface area contributed by atoms with Crippen molar-refractivity contribution in [1.82, 2.24) is 0 Å². The van der Waals surface area contributed by atoms with Crippen molar-refractivity contribution in [3.05, 3.63) is 81.9 Å². The fourth-order valence-electron chi connectivity index (χ4n) is 4.72. The summed E-state index contributed by atoms with van der Waals surface area (Å²) in [5.41, 5.74) is 15.5. The topological polar surface area (TPSA) is 0 Å². The number of hydrogen-bond acceptors (Lipinski definition) is 0. The predicted molar refractivity (Wildman–Crippen MR) is 108 cm³/mol. The molecule has 0 radical (unpaired) electrons. The molecule has 0 aromatic heterocycles. The molecule has 0 amide bonds. The third-order valence-electron chi connectivity index (χ3n) is 5.54. The second-order valence-electron chi connectivity index (χ2n) is 6.55. The lowest BCUT2D eigenvalue weighted by Gasteiger charge is -2.10. The predicted octanol–water partition coefficient (Wildman–Crippen LogP) is 6.79. The Labute approximate surface area is 151 Å². The summed E-state index contributed by atoms with van der Waals surface area (Å²) >= 11 is 0. The first-order chi connectivity index (χ1) is 12.4. The zero-order valence-corrected chi connectivity index (χ0v) is 15.7. The van der Waals surface area contributed by atoms with Gasteiger partial charge in [0.05, 0.1) is 0 Å². The monoisotopic (exact) mass is 326 g/mol. The molecule has 126 valence electrons. The van der Waals surface area contributed by atoms with Crippen molar-refractivity contribution >= 4 is 0 Å². The van der Waals surface area contributed by atoms with Crippen molar-refractivity contribution in [1.29, 1.82) is 0 Å². The lowest BCUT2D eigenvalue weighted by atomic mass is 9.93. The van der Waals surface area contributed by atoms with E-state index >= 15 is 0 Å². The third-order valence-corrected chi connectivity index (χ3v) is 5.54. The van der Waals surface area contributed by atoms with E-state index in [-0.39, 0.29) is 0 Å². The normalized spacial score (nSPS) is 13.1. The van der Waals surface area contributed by atoms with Crippen LogP contribution in [0.25, 0.3) is 22.3 Å². The molecule has 3 aliphatic carbocycles. The lowest BCUT2D eigenvalue weighted by molar-refractivity contribution is 1.13. The molecule has 0 fully saturated rings. The fraction of sp³-hybridized carbons (Fsp3) is 0.280. The Morgan fingerprint density at radius 3 is 1.96 bits per heavy atom. The highest BCUT2D eigenvalue weighted by Gasteiger charge is 2.34. The second-order valence-corrected chi connectivity index (χ2v) is 6.55. The third kappa shape index (κ3) is 2.13. The maximum Gasteiger partial charge on any atom is -0.00102 e. The highest BCUT2D eigenvalue weighted by Crippen LogP contribution is 2.52. The molecule has 0 heteroatoms. The van der Waals surface area contributed by atoms with Crippen LogP contribution in [0.2, 0.25) is 0 Å². The molecule has 0 spiro atoms. The van der Waals surface area contributed by atoms with Gasteiger partial charge in [0, 0.05) is 0 Å². The Kier molecular flexibility index (Phi) is 4.00. The van der Waals surface area contributed by atoms with E-state index in [2.05, 4.69) is 48.5 Å². The van der Waals surface area contributed by atoms with Crippen LogP contribution in [0.5, 0.6) is 0 Å². The van der Waals surface area contributed by atoms with Gasteiger partial charge in [-0.1, -0.05) is 70.2 Å². The molecule has 0 saturated heterocycles. The number of fused-ring (bicyclic) bond motifs is 4. The molecule has 0 bridgehead atoms. The maximum absolute atomic E-state index is 2.48.